The molecule has 208 valence electrons. The highest BCUT2D eigenvalue weighted by atomic mass is 16.3. The average Bonchev–Trinajstić information content (AvgIpc) is 3.33. The number of H-pyrrole nitrogens is 1. The number of rotatable bonds is 11. The third kappa shape index (κ3) is 6.80. The van der Waals surface area contributed by atoms with Crippen molar-refractivity contribution >= 4 is 28.2 Å². The van der Waals surface area contributed by atoms with Gasteiger partial charge in [0, 0.05) is 35.1 Å². The number of fused-ring (bicyclic) bond motifs is 1. The molecular weight excluding hydrogens is 496 g/mol. The van der Waals surface area contributed by atoms with E-state index in [0.29, 0.717) is 29.3 Å². The molecule has 4 N–H and O–H groups in total. The highest BCUT2D eigenvalue weighted by molar-refractivity contribution is 6.22. The van der Waals surface area contributed by atoms with E-state index < -0.39 is 0 Å². The maximum atomic E-state index is 13.1. The van der Waals surface area contributed by atoms with Crippen LogP contribution in [0.4, 0.5) is 5.69 Å². The monoisotopic (exact) mass is 536 g/mol. The summed E-state index contributed by atoms with van der Waals surface area (Å²) in [6.45, 7) is 4.74. The number of nitrogens with zero attached hydrogens (tertiary/aromatic N) is 1. The van der Waals surface area contributed by atoms with Crippen LogP contribution in [0.3, 0.4) is 0 Å². The average molecular weight is 537 g/mol. The van der Waals surface area contributed by atoms with Crippen LogP contribution in [0, 0.1) is 5.92 Å². The fraction of sp³-hybridized carbons (Fsp3) is 0.353. The minimum atomic E-state index is -0.0829. The molecule has 1 heterocycles. The Morgan fingerprint density at radius 2 is 1.75 bits per heavy atom. The number of carbonyl (C=O) groups is 1. The molecule has 1 saturated carbocycles. The smallest absolute Gasteiger partial charge is 0.251 e. The molecule has 6 heteroatoms. The van der Waals surface area contributed by atoms with E-state index in [1.165, 1.54) is 50.5 Å². The molecule has 0 unspecified atom stereocenters. The summed E-state index contributed by atoms with van der Waals surface area (Å²) in [4.78, 5) is 21.2. The molecule has 1 fully saturated rings. The maximum absolute atomic E-state index is 13.1. The summed E-state index contributed by atoms with van der Waals surface area (Å²) in [5, 5.41) is 18.5. The minimum absolute atomic E-state index is 0.0362. The van der Waals surface area contributed by atoms with Crippen LogP contribution < -0.4 is 10.6 Å². The summed E-state index contributed by atoms with van der Waals surface area (Å²) in [7, 11) is 0. The molecule has 0 spiro atoms. The molecule has 1 aliphatic rings. The van der Waals surface area contributed by atoms with Crippen LogP contribution in [0.2, 0.25) is 0 Å². The molecule has 0 aliphatic heterocycles. The molecule has 3 aromatic carbocycles. The summed E-state index contributed by atoms with van der Waals surface area (Å²) in [5.74, 6) is 0.512. The van der Waals surface area contributed by atoms with Gasteiger partial charge in [-0.15, -0.1) is 0 Å². The lowest BCUT2D eigenvalue weighted by molar-refractivity contribution is 0.0943. The number of hydrogen-bond donors (Lipinski definition) is 4. The lowest BCUT2D eigenvalue weighted by Gasteiger charge is -2.21. The molecule has 1 aromatic heterocycles. The van der Waals surface area contributed by atoms with Gasteiger partial charge in [-0.05, 0) is 67.6 Å². The normalized spacial score (nSPS) is 14.5. The van der Waals surface area contributed by atoms with E-state index in [-0.39, 0.29) is 11.8 Å². The summed E-state index contributed by atoms with van der Waals surface area (Å²) in [6, 6.07) is 23.6. The van der Waals surface area contributed by atoms with Gasteiger partial charge in [0.15, 0.2) is 5.88 Å². The van der Waals surface area contributed by atoms with Gasteiger partial charge in [-0.3, -0.25) is 4.79 Å². The van der Waals surface area contributed by atoms with Crippen molar-refractivity contribution in [1.82, 2.24) is 15.6 Å². The summed E-state index contributed by atoms with van der Waals surface area (Å²) in [6.07, 6.45) is 8.51. The predicted octanol–water partition coefficient (Wildman–Crippen LogP) is 7.24. The molecule has 1 amide bonds. The van der Waals surface area contributed by atoms with Crippen molar-refractivity contribution in [3.8, 4) is 5.88 Å². The molecule has 4 aromatic rings. The number of hydrogen-bond acceptors (Lipinski definition) is 4. The van der Waals surface area contributed by atoms with Crippen molar-refractivity contribution in [3.05, 3.63) is 95.1 Å². The van der Waals surface area contributed by atoms with Gasteiger partial charge in [0.2, 0.25) is 0 Å². The van der Waals surface area contributed by atoms with Gasteiger partial charge in [0.25, 0.3) is 5.91 Å². The lowest BCUT2D eigenvalue weighted by atomic mass is 9.89. The number of amides is 1. The minimum Gasteiger partial charge on any atom is -0.494 e. The van der Waals surface area contributed by atoms with Gasteiger partial charge in [0.05, 0.1) is 17.0 Å². The first-order valence-electron chi connectivity index (χ1n) is 14.7. The number of aromatic hydroxyl groups is 1. The number of aromatic amines is 1. The van der Waals surface area contributed by atoms with Crippen LogP contribution in [0.25, 0.3) is 10.9 Å². The Morgan fingerprint density at radius 3 is 2.50 bits per heavy atom. The summed E-state index contributed by atoms with van der Waals surface area (Å²) >= 11 is 0. The Labute approximate surface area is 236 Å². The number of benzene rings is 3. The van der Waals surface area contributed by atoms with Crippen molar-refractivity contribution in [2.24, 2.45) is 10.9 Å². The molecule has 5 rings (SSSR count). The molecule has 40 heavy (non-hydrogen) atoms. The van der Waals surface area contributed by atoms with Gasteiger partial charge in [0.1, 0.15) is 0 Å². The van der Waals surface area contributed by atoms with Crippen molar-refractivity contribution in [2.45, 2.75) is 58.4 Å². The first-order chi connectivity index (χ1) is 19.6. The van der Waals surface area contributed by atoms with E-state index in [4.69, 9.17) is 4.99 Å². The third-order valence-electron chi connectivity index (χ3n) is 7.81. The fourth-order valence-corrected chi connectivity index (χ4v) is 5.50. The van der Waals surface area contributed by atoms with Gasteiger partial charge >= 0.3 is 0 Å². The van der Waals surface area contributed by atoms with E-state index in [0.717, 1.165) is 35.2 Å². The molecule has 0 radical (unpaired) electrons. The Morgan fingerprint density at radius 1 is 0.975 bits per heavy atom. The van der Waals surface area contributed by atoms with Gasteiger partial charge in [-0.2, -0.15) is 0 Å². The van der Waals surface area contributed by atoms with Gasteiger partial charge in [-0.1, -0.05) is 75.1 Å². The lowest BCUT2D eigenvalue weighted by Crippen LogP contribution is -2.30. The van der Waals surface area contributed by atoms with Gasteiger partial charge in [-0.25, -0.2) is 4.99 Å². The zero-order valence-electron chi connectivity index (χ0n) is 23.4. The van der Waals surface area contributed by atoms with Crippen LogP contribution in [0.5, 0.6) is 5.88 Å². The number of nitrogens with one attached hydrogen (secondary N) is 3. The van der Waals surface area contributed by atoms with Crippen LogP contribution >= 0.6 is 0 Å². The van der Waals surface area contributed by atoms with Crippen molar-refractivity contribution < 1.29 is 9.90 Å². The van der Waals surface area contributed by atoms with Crippen LogP contribution in [-0.2, 0) is 6.54 Å². The largest absolute Gasteiger partial charge is 0.494 e. The number of carbonyl (C=O) groups excluding carboxylic acids is 1. The zero-order valence-corrected chi connectivity index (χ0v) is 23.4. The number of aromatic nitrogens is 1. The van der Waals surface area contributed by atoms with E-state index in [9.17, 15) is 9.90 Å². The van der Waals surface area contributed by atoms with Crippen LogP contribution in [0.1, 0.15) is 78.9 Å². The van der Waals surface area contributed by atoms with Crippen LogP contribution in [0.15, 0.2) is 77.8 Å². The number of unbranched alkanes of at least 4 members (excludes halogenated alkanes) is 1. The van der Waals surface area contributed by atoms with Gasteiger partial charge < -0.3 is 20.7 Å². The maximum Gasteiger partial charge on any atom is 0.251 e. The number of aliphatic imine (C=N–C) groups is 1. The van der Waals surface area contributed by atoms with E-state index >= 15 is 0 Å². The molecule has 0 saturated heterocycles. The predicted molar refractivity (Wildman–Crippen MR) is 164 cm³/mol. The SMILES string of the molecule is CCCCNCc1ccc(N=C(c2ccccc2)c2c(O)[nH]c3ccc(C(=O)NCC4CCCCC4)cc23)cc1. The van der Waals surface area contributed by atoms with Crippen molar-refractivity contribution in [3.63, 3.8) is 0 Å². The topological polar surface area (TPSA) is 89.5 Å². The fourth-order valence-electron chi connectivity index (χ4n) is 5.50. The molecular formula is C34H40N4O2. The van der Waals surface area contributed by atoms with Crippen LogP contribution in [-0.4, -0.2) is 34.8 Å². The van der Waals surface area contributed by atoms with Crippen molar-refractivity contribution in [1.29, 1.82) is 0 Å². The molecule has 0 bridgehead atoms. The summed E-state index contributed by atoms with van der Waals surface area (Å²) < 4.78 is 0. The first kappa shape index (κ1) is 27.7. The Hall–Kier alpha value is -3.90. The quantitative estimate of drug-likeness (QED) is 0.120. The standard InChI is InChI=1S/C34H40N4O2/c1-2-3-20-35-22-25-14-17-28(18-15-25)37-32(26-12-8-5-9-13-26)31-29-21-27(16-19-30(29)38-34(31)40)33(39)36-23-24-10-6-4-7-11-24/h5,8-9,12-19,21,24,35,38,40H,2-4,6-7,10-11,20,22-23H2,1H3,(H,36,39). The van der Waals surface area contributed by atoms with E-state index in [1.807, 2.05) is 60.7 Å². The second-order valence-electron chi connectivity index (χ2n) is 10.8. The highest BCUT2D eigenvalue weighted by Gasteiger charge is 2.21. The highest BCUT2D eigenvalue weighted by Crippen LogP contribution is 2.32. The summed E-state index contributed by atoms with van der Waals surface area (Å²) in [5.41, 5.74) is 5.47. The molecule has 6 nitrogen and oxygen atoms in total. The molecule has 1 aliphatic carbocycles. The van der Waals surface area contributed by atoms with E-state index in [1.54, 1.807) is 0 Å². The zero-order chi connectivity index (χ0) is 27.7. The third-order valence-corrected chi connectivity index (χ3v) is 7.81. The van der Waals surface area contributed by atoms with E-state index in [2.05, 4.69) is 34.7 Å². The Kier molecular flexibility index (Phi) is 9.30. The van der Waals surface area contributed by atoms with Crippen molar-refractivity contribution in [2.75, 3.05) is 13.1 Å². The first-order valence-corrected chi connectivity index (χ1v) is 14.7. The second-order valence-corrected chi connectivity index (χ2v) is 10.8. The Bertz CT molecular complexity index is 1430. The second kappa shape index (κ2) is 13.4. The Balaban J connectivity index is 1.45. The molecule has 0 atom stereocenters.